The van der Waals surface area contributed by atoms with Gasteiger partial charge in [-0.15, -0.1) is 0 Å². The maximum absolute atomic E-state index is 5.20. The summed E-state index contributed by atoms with van der Waals surface area (Å²) in [5.74, 6) is 0. The Labute approximate surface area is 83.6 Å². The van der Waals surface area contributed by atoms with Crippen molar-refractivity contribution in [2.75, 3.05) is 13.7 Å². The molecule has 0 radical (unpaired) electrons. The number of rotatable bonds is 4. The van der Waals surface area contributed by atoms with Gasteiger partial charge in [-0.25, -0.2) is 0 Å². The molecule has 0 aromatic rings. The van der Waals surface area contributed by atoms with Crippen molar-refractivity contribution in [2.24, 2.45) is 0 Å². The van der Waals surface area contributed by atoms with Crippen LogP contribution in [0, 0.1) is 0 Å². The Kier molecular flexibility index (Phi) is 6.98. The van der Waals surface area contributed by atoms with Crippen molar-refractivity contribution in [3.05, 3.63) is 0 Å². The third-order valence-corrected chi connectivity index (χ3v) is 12.2. The first-order valence-corrected chi connectivity index (χ1v) is 23.7. The van der Waals surface area contributed by atoms with Crippen LogP contribution in [-0.4, -0.2) is 29.6 Å². The average Bonchev–Trinajstić information content (AvgIpc) is 1.80. The molecule has 0 aliphatic carbocycles. The van der Waals surface area contributed by atoms with E-state index in [2.05, 4.69) is 50.4 Å². The Morgan fingerprint density at radius 2 is 2.00 bits per heavy atom. The molecule has 0 saturated heterocycles. The number of nitrogens with one attached hydrogen (secondary N) is 1. The minimum absolute atomic E-state index is 0.124. The van der Waals surface area contributed by atoms with E-state index in [-0.39, 0.29) is 4.24 Å². The number of hydrogen-bond acceptors (Lipinski definition) is 2. The summed E-state index contributed by atoms with van der Waals surface area (Å²) in [5.41, 5.74) is 0. The molecule has 1 N–H and O–H groups in total. The summed E-state index contributed by atoms with van der Waals surface area (Å²) in [6.45, 7) is 2.97. The molecule has 0 heterocycles. The molecule has 10 heavy (non-hydrogen) atoms. The molecule has 0 bridgehead atoms. The molecule has 0 aromatic carbocycles. The Balaban J connectivity index is 3.81. The fourth-order valence-electron chi connectivity index (χ4n) is 0.518. The van der Waals surface area contributed by atoms with Gasteiger partial charge in [0.15, 0.2) is 0 Å². The van der Waals surface area contributed by atoms with Gasteiger partial charge in [-0.1, -0.05) is 0 Å². The van der Waals surface area contributed by atoms with E-state index in [1.54, 1.807) is 7.11 Å². The van der Waals surface area contributed by atoms with Crippen molar-refractivity contribution >= 4 is 49.8 Å². The second-order valence-electron chi connectivity index (χ2n) is 1.72. The van der Waals surface area contributed by atoms with Crippen molar-refractivity contribution in [2.45, 2.75) is 11.2 Å². The molecule has 0 amide bonds. The van der Waals surface area contributed by atoms with Crippen molar-refractivity contribution < 1.29 is 4.74 Å². The minimum atomic E-state index is -2.38. The number of halogens is 3. The fourth-order valence-corrected chi connectivity index (χ4v) is 9.54. The van der Waals surface area contributed by atoms with E-state index < -0.39 is 11.7 Å². The molecule has 0 spiro atoms. The molecule has 0 aliphatic rings. The Hall–Kier alpha value is 2.16. The van der Waals surface area contributed by atoms with Crippen LogP contribution in [-0.2, 0) is 4.74 Å². The summed E-state index contributed by atoms with van der Waals surface area (Å²) in [6, 6.07) is 0. The van der Waals surface area contributed by atoms with Crippen molar-refractivity contribution in [1.29, 1.82) is 0 Å². The molecular formula is C4H10Br3NOSn. The van der Waals surface area contributed by atoms with Crippen molar-refractivity contribution in [1.82, 2.24) is 5.32 Å². The summed E-state index contributed by atoms with van der Waals surface area (Å²) >= 11 is 8.30. The average molecular weight is 447 g/mol. The number of hydrogen-bond donors (Lipinski definition) is 1. The Morgan fingerprint density at radius 1 is 1.50 bits per heavy atom. The summed E-state index contributed by atoms with van der Waals surface area (Å²) in [6.07, 6.45) is 0. The van der Waals surface area contributed by atoms with Crippen LogP contribution in [0.25, 0.3) is 0 Å². The van der Waals surface area contributed by atoms with Crippen LogP contribution in [0.3, 0.4) is 0 Å². The van der Waals surface area contributed by atoms with Gasteiger partial charge < -0.3 is 0 Å². The van der Waals surface area contributed by atoms with Crippen LogP contribution in [0.2, 0.25) is 0 Å². The zero-order valence-corrected chi connectivity index (χ0v) is 13.4. The Bertz CT molecular complexity index is 97.0. The van der Waals surface area contributed by atoms with E-state index in [9.17, 15) is 0 Å². The van der Waals surface area contributed by atoms with Crippen LogP contribution in [0.5, 0.6) is 0 Å². The van der Waals surface area contributed by atoms with E-state index >= 15 is 0 Å². The van der Waals surface area contributed by atoms with E-state index in [4.69, 9.17) is 4.74 Å². The van der Waals surface area contributed by atoms with E-state index in [0.717, 1.165) is 6.54 Å². The standard InChI is InChI=1S/C4H10NO.3BrH.Sn/c1-3-5-4-6-2;;;;/h4-5H,3H2,1-2H3;3*1H;/q;;;;+3/p-3. The Morgan fingerprint density at radius 3 is 2.10 bits per heavy atom. The molecule has 0 rings (SSSR count). The van der Waals surface area contributed by atoms with Gasteiger partial charge in [0.2, 0.25) is 0 Å². The van der Waals surface area contributed by atoms with E-state index in [1.807, 2.05) is 0 Å². The molecule has 0 aromatic heterocycles. The summed E-state index contributed by atoms with van der Waals surface area (Å²) < 4.78 is 5.32. The molecule has 2 nitrogen and oxygen atoms in total. The van der Waals surface area contributed by atoms with Crippen molar-refractivity contribution in [3.63, 3.8) is 0 Å². The van der Waals surface area contributed by atoms with E-state index in [1.165, 1.54) is 0 Å². The van der Waals surface area contributed by atoms with Gasteiger partial charge in [-0.2, -0.15) is 0 Å². The normalized spacial score (nSPS) is 15.3. The second-order valence-corrected chi connectivity index (χ2v) is 52.9. The van der Waals surface area contributed by atoms with Gasteiger partial charge >= 0.3 is 84.7 Å². The molecular weight excluding hydrogens is 436 g/mol. The number of ether oxygens (including phenoxy) is 1. The van der Waals surface area contributed by atoms with E-state index in [0.29, 0.717) is 0 Å². The zero-order chi connectivity index (χ0) is 8.20. The predicted molar refractivity (Wildman–Crippen MR) is 57.0 cm³/mol. The maximum atomic E-state index is 5.20. The number of methoxy groups -OCH3 is 1. The topological polar surface area (TPSA) is 21.3 Å². The summed E-state index contributed by atoms with van der Waals surface area (Å²) in [5, 5.41) is 3.20. The zero-order valence-electron chi connectivity index (χ0n) is 5.83. The van der Waals surface area contributed by atoms with Crippen LogP contribution in [0.1, 0.15) is 6.92 Å². The molecule has 6 heteroatoms. The van der Waals surface area contributed by atoms with Gasteiger partial charge in [0.1, 0.15) is 0 Å². The van der Waals surface area contributed by atoms with Crippen LogP contribution in [0.4, 0.5) is 0 Å². The van der Waals surface area contributed by atoms with Crippen LogP contribution in [0.15, 0.2) is 0 Å². The van der Waals surface area contributed by atoms with Gasteiger partial charge in [0.25, 0.3) is 0 Å². The van der Waals surface area contributed by atoms with Crippen LogP contribution >= 0.6 is 38.1 Å². The van der Waals surface area contributed by atoms with Gasteiger partial charge in [-0.05, 0) is 0 Å². The van der Waals surface area contributed by atoms with Gasteiger partial charge in [0.05, 0.1) is 0 Å². The molecule has 0 aliphatic heterocycles. The molecule has 0 saturated carbocycles. The third kappa shape index (κ3) is 4.92. The third-order valence-electron chi connectivity index (χ3n) is 0.923. The predicted octanol–water partition coefficient (Wildman–Crippen LogP) is 2.23. The summed E-state index contributed by atoms with van der Waals surface area (Å²) in [4.78, 5) is 0. The molecule has 0 fully saturated rings. The first-order chi connectivity index (χ1) is 4.52. The first kappa shape index (κ1) is 12.2. The molecule has 1 atom stereocenters. The quantitative estimate of drug-likeness (QED) is 0.528. The fraction of sp³-hybridized carbons (Fsp3) is 1.00. The van der Waals surface area contributed by atoms with Crippen molar-refractivity contribution in [3.8, 4) is 0 Å². The van der Waals surface area contributed by atoms with Crippen LogP contribution < -0.4 is 5.32 Å². The molecule has 62 valence electrons. The second kappa shape index (κ2) is 5.74. The van der Waals surface area contributed by atoms with Gasteiger partial charge in [-0.3, -0.25) is 0 Å². The monoisotopic (exact) mass is 445 g/mol. The summed E-state index contributed by atoms with van der Waals surface area (Å²) in [7, 11) is 1.70. The first-order valence-electron chi connectivity index (χ1n) is 2.85. The molecule has 1 unspecified atom stereocenters. The SMILES string of the molecule is CCN[CH](OC)[Sn]([Br])([Br])[Br]. The van der Waals surface area contributed by atoms with Gasteiger partial charge in [0, 0.05) is 0 Å².